The molecule has 1 fully saturated rings. The number of rotatable bonds is 2. The number of carbonyl (C=O) groups excluding carboxylic acids is 2. The molecule has 2 atom stereocenters. The van der Waals surface area contributed by atoms with Crippen molar-refractivity contribution < 1.29 is 9.59 Å². The van der Waals surface area contributed by atoms with Crippen LogP contribution in [-0.4, -0.2) is 16.7 Å². The number of amides is 2. The van der Waals surface area contributed by atoms with Gasteiger partial charge in [0.05, 0.1) is 18.4 Å². The van der Waals surface area contributed by atoms with Crippen LogP contribution in [0.5, 0.6) is 0 Å². The Bertz CT molecular complexity index is 531. The molecule has 3 heteroatoms. The summed E-state index contributed by atoms with van der Waals surface area (Å²) in [6.07, 6.45) is 0. The molecular weight excluding hydrogens is 274 g/mol. The summed E-state index contributed by atoms with van der Waals surface area (Å²) in [4.78, 5) is 27.3. The van der Waals surface area contributed by atoms with Crippen LogP contribution in [0.1, 0.15) is 47.1 Å². The van der Waals surface area contributed by atoms with E-state index in [1.807, 2.05) is 71.9 Å². The van der Waals surface area contributed by atoms with Crippen molar-refractivity contribution in [2.24, 2.45) is 22.7 Å². The zero-order chi connectivity index (χ0) is 16.7. The highest BCUT2D eigenvalue weighted by Crippen LogP contribution is 2.47. The average Bonchev–Trinajstić information content (AvgIpc) is 2.64. The Morgan fingerprint density at radius 3 is 1.59 bits per heavy atom. The zero-order valence-corrected chi connectivity index (χ0v) is 14.5. The summed E-state index contributed by atoms with van der Waals surface area (Å²) >= 11 is 0. The van der Waals surface area contributed by atoms with E-state index in [1.54, 1.807) is 0 Å². The van der Waals surface area contributed by atoms with Crippen LogP contribution in [0.2, 0.25) is 0 Å². The maximum absolute atomic E-state index is 12.9. The van der Waals surface area contributed by atoms with Crippen molar-refractivity contribution in [1.29, 1.82) is 0 Å². The summed E-state index contributed by atoms with van der Waals surface area (Å²) in [6.45, 7) is 12.7. The largest absolute Gasteiger partial charge is 0.278 e. The van der Waals surface area contributed by atoms with Crippen molar-refractivity contribution in [2.45, 2.75) is 48.1 Å². The minimum Gasteiger partial charge on any atom is -0.278 e. The minimum atomic E-state index is -0.260. The third-order valence-corrected chi connectivity index (χ3v) is 4.45. The molecule has 1 heterocycles. The smallest absolute Gasteiger partial charge is 0.233 e. The van der Waals surface area contributed by atoms with E-state index in [4.69, 9.17) is 0 Å². The highest BCUT2D eigenvalue weighted by atomic mass is 16.2. The van der Waals surface area contributed by atoms with E-state index in [2.05, 4.69) is 0 Å². The monoisotopic (exact) mass is 301 g/mol. The normalized spacial score (nSPS) is 23.3. The van der Waals surface area contributed by atoms with Gasteiger partial charge in [-0.15, -0.1) is 0 Å². The molecule has 1 aromatic rings. The standard InChI is InChI=1S/C19H27NO2/c1-18(2,3)14-15(19(4,5)6)17(22)20(16(14)21)12-13-10-8-7-9-11-13/h7-11,14-15H,12H2,1-6H3. The van der Waals surface area contributed by atoms with Crippen molar-refractivity contribution in [3.8, 4) is 0 Å². The third kappa shape index (κ3) is 3.08. The first kappa shape index (κ1) is 16.7. The molecule has 1 aliphatic heterocycles. The highest BCUT2D eigenvalue weighted by molar-refractivity contribution is 6.05. The van der Waals surface area contributed by atoms with Crippen molar-refractivity contribution in [1.82, 2.24) is 4.90 Å². The van der Waals surface area contributed by atoms with E-state index in [0.29, 0.717) is 6.54 Å². The Labute approximate surface area is 133 Å². The Kier molecular flexibility index (Phi) is 4.20. The molecule has 22 heavy (non-hydrogen) atoms. The van der Waals surface area contributed by atoms with Crippen molar-refractivity contribution in [3.05, 3.63) is 35.9 Å². The van der Waals surface area contributed by atoms with Crippen LogP contribution in [0.25, 0.3) is 0 Å². The van der Waals surface area contributed by atoms with E-state index in [1.165, 1.54) is 4.90 Å². The van der Waals surface area contributed by atoms with Gasteiger partial charge < -0.3 is 0 Å². The maximum atomic E-state index is 12.9. The van der Waals surface area contributed by atoms with E-state index >= 15 is 0 Å². The lowest BCUT2D eigenvalue weighted by Crippen LogP contribution is -2.38. The SMILES string of the molecule is CC(C)(C)C1C(=O)N(Cc2ccccc2)C(=O)C1C(C)(C)C. The molecule has 1 aliphatic rings. The lowest BCUT2D eigenvalue weighted by molar-refractivity contribution is -0.141. The molecule has 1 aromatic carbocycles. The second-order valence-corrected chi connectivity index (χ2v) is 8.44. The Morgan fingerprint density at radius 2 is 1.23 bits per heavy atom. The van der Waals surface area contributed by atoms with Crippen LogP contribution >= 0.6 is 0 Å². The lowest BCUT2D eigenvalue weighted by Gasteiger charge is -2.35. The molecule has 0 bridgehead atoms. The molecule has 0 spiro atoms. The van der Waals surface area contributed by atoms with Gasteiger partial charge in [-0.2, -0.15) is 0 Å². The molecule has 0 saturated carbocycles. The highest BCUT2D eigenvalue weighted by Gasteiger charge is 2.56. The number of nitrogens with zero attached hydrogens (tertiary/aromatic N) is 1. The second-order valence-electron chi connectivity index (χ2n) is 8.44. The molecule has 0 aliphatic carbocycles. The molecule has 3 nitrogen and oxygen atoms in total. The lowest BCUT2D eigenvalue weighted by atomic mass is 9.65. The summed E-state index contributed by atoms with van der Waals surface area (Å²) in [5.41, 5.74) is 0.540. The predicted octanol–water partition coefficient (Wildman–Crippen LogP) is 3.88. The predicted molar refractivity (Wildman–Crippen MR) is 87.9 cm³/mol. The van der Waals surface area contributed by atoms with Crippen LogP contribution in [0.3, 0.4) is 0 Å². The van der Waals surface area contributed by atoms with Crippen LogP contribution in [0, 0.1) is 22.7 Å². The van der Waals surface area contributed by atoms with E-state index < -0.39 is 0 Å². The van der Waals surface area contributed by atoms with Crippen LogP contribution < -0.4 is 0 Å². The number of hydrogen-bond acceptors (Lipinski definition) is 2. The molecule has 120 valence electrons. The number of imide groups is 1. The topological polar surface area (TPSA) is 37.4 Å². The quantitative estimate of drug-likeness (QED) is 0.777. The Hall–Kier alpha value is -1.64. The number of hydrogen-bond donors (Lipinski definition) is 0. The molecule has 2 amide bonds. The van der Waals surface area contributed by atoms with Gasteiger partial charge in [0.25, 0.3) is 0 Å². The van der Waals surface area contributed by atoms with Gasteiger partial charge in [-0.25, -0.2) is 0 Å². The van der Waals surface area contributed by atoms with E-state index in [-0.39, 0.29) is 34.5 Å². The van der Waals surface area contributed by atoms with Crippen molar-refractivity contribution >= 4 is 11.8 Å². The molecule has 0 aromatic heterocycles. The first-order valence-electron chi connectivity index (χ1n) is 7.92. The van der Waals surface area contributed by atoms with Gasteiger partial charge in [0.2, 0.25) is 11.8 Å². The molecule has 0 radical (unpaired) electrons. The van der Waals surface area contributed by atoms with Gasteiger partial charge in [-0.05, 0) is 16.4 Å². The van der Waals surface area contributed by atoms with Crippen molar-refractivity contribution in [2.75, 3.05) is 0 Å². The van der Waals surface area contributed by atoms with Gasteiger partial charge >= 0.3 is 0 Å². The first-order valence-corrected chi connectivity index (χ1v) is 7.92. The second kappa shape index (κ2) is 5.53. The van der Waals surface area contributed by atoms with Gasteiger partial charge in [0.1, 0.15) is 0 Å². The molecule has 2 unspecified atom stereocenters. The first-order chi connectivity index (χ1) is 10.0. The van der Waals surface area contributed by atoms with Gasteiger partial charge in [0.15, 0.2) is 0 Å². The summed E-state index contributed by atoms with van der Waals surface area (Å²) in [6, 6.07) is 9.72. The maximum Gasteiger partial charge on any atom is 0.233 e. The Morgan fingerprint density at radius 1 is 0.818 bits per heavy atom. The van der Waals surface area contributed by atoms with E-state index in [9.17, 15) is 9.59 Å². The number of benzene rings is 1. The van der Waals surface area contributed by atoms with Gasteiger partial charge in [-0.3, -0.25) is 14.5 Å². The zero-order valence-electron chi connectivity index (χ0n) is 14.5. The summed E-state index contributed by atoms with van der Waals surface area (Å²) in [5, 5.41) is 0. The Balaban J connectivity index is 2.38. The summed E-state index contributed by atoms with van der Waals surface area (Å²) < 4.78 is 0. The van der Waals surface area contributed by atoms with Crippen LogP contribution in [-0.2, 0) is 16.1 Å². The fourth-order valence-corrected chi connectivity index (χ4v) is 3.39. The third-order valence-electron chi connectivity index (χ3n) is 4.45. The van der Waals surface area contributed by atoms with Gasteiger partial charge in [-0.1, -0.05) is 71.9 Å². The molecule has 1 saturated heterocycles. The fourth-order valence-electron chi connectivity index (χ4n) is 3.39. The number of carbonyl (C=O) groups is 2. The van der Waals surface area contributed by atoms with E-state index in [0.717, 1.165) is 5.56 Å². The average molecular weight is 301 g/mol. The summed E-state index contributed by atoms with van der Waals surface area (Å²) in [5.74, 6) is -0.574. The number of likely N-dealkylation sites (tertiary alicyclic amines) is 1. The fraction of sp³-hybridized carbons (Fsp3) is 0.579. The minimum absolute atomic E-state index is 0.0266. The molecule has 0 N–H and O–H groups in total. The van der Waals surface area contributed by atoms with Crippen LogP contribution in [0.4, 0.5) is 0 Å². The molecule has 2 rings (SSSR count). The van der Waals surface area contributed by atoms with Gasteiger partial charge in [0, 0.05) is 0 Å². The van der Waals surface area contributed by atoms with Crippen molar-refractivity contribution in [3.63, 3.8) is 0 Å². The summed E-state index contributed by atoms with van der Waals surface area (Å²) in [7, 11) is 0. The molecular formula is C19H27NO2. The van der Waals surface area contributed by atoms with Crippen LogP contribution in [0.15, 0.2) is 30.3 Å².